The summed E-state index contributed by atoms with van der Waals surface area (Å²) in [5.41, 5.74) is 5.25. The van der Waals surface area contributed by atoms with Crippen molar-refractivity contribution in [2.24, 2.45) is 0 Å². The van der Waals surface area contributed by atoms with Crippen molar-refractivity contribution in [2.75, 3.05) is 6.54 Å². The molecular weight excluding hydrogens is 206 g/mol. The molecule has 0 saturated carbocycles. The number of benzene rings is 2. The lowest BCUT2D eigenvalue weighted by Crippen LogP contribution is -2.22. The van der Waals surface area contributed by atoms with Gasteiger partial charge in [-0.2, -0.15) is 0 Å². The zero-order chi connectivity index (χ0) is 11.5. The molecule has 0 spiro atoms. The first kappa shape index (κ1) is 10.2. The van der Waals surface area contributed by atoms with Gasteiger partial charge in [-0.3, -0.25) is 0 Å². The highest BCUT2D eigenvalue weighted by atomic mass is 14.9. The van der Waals surface area contributed by atoms with E-state index in [9.17, 15) is 0 Å². The highest BCUT2D eigenvalue weighted by molar-refractivity contribution is 5.82. The van der Waals surface area contributed by atoms with Crippen molar-refractivity contribution < 1.29 is 0 Å². The third-order valence-electron chi connectivity index (χ3n) is 3.13. The molecule has 0 aliphatic carbocycles. The van der Waals surface area contributed by atoms with Crippen LogP contribution in [0.4, 0.5) is 0 Å². The summed E-state index contributed by atoms with van der Waals surface area (Å²) in [6.45, 7) is 1.02. The molecule has 0 radical (unpaired) electrons. The molecule has 3 rings (SSSR count). The van der Waals surface area contributed by atoms with Crippen LogP contribution in [0.15, 0.2) is 54.6 Å². The largest absolute Gasteiger partial charge is 0.384 e. The van der Waals surface area contributed by atoms with Crippen molar-refractivity contribution in [2.45, 2.75) is 6.42 Å². The van der Waals surface area contributed by atoms with Crippen LogP contribution >= 0.6 is 0 Å². The van der Waals surface area contributed by atoms with E-state index in [0.717, 1.165) is 13.0 Å². The molecule has 0 fully saturated rings. The Hall–Kier alpha value is -2.02. The van der Waals surface area contributed by atoms with Crippen LogP contribution in [0.3, 0.4) is 0 Å². The van der Waals surface area contributed by atoms with Gasteiger partial charge in [-0.15, -0.1) is 0 Å². The highest BCUT2D eigenvalue weighted by Crippen LogP contribution is 2.23. The molecule has 0 amide bonds. The quantitative estimate of drug-likeness (QED) is 0.779. The predicted octanol–water partition coefficient (Wildman–Crippen LogP) is 3.33. The van der Waals surface area contributed by atoms with E-state index >= 15 is 0 Å². The molecule has 17 heavy (non-hydrogen) atoms. The Morgan fingerprint density at radius 3 is 2.53 bits per heavy atom. The van der Waals surface area contributed by atoms with E-state index in [-0.39, 0.29) is 0 Å². The molecule has 1 heterocycles. The fraction of sp³-hybridized carbons (Fsp3) is 0.125. The first-order valence-corrected chi connectivity index (χ1v) is 6.02. The van der Waals surface area contributed by atoms with Crippen molar-refractivity contribution >= 4 is 11.8 Å². The Morgan fingerprint density at radius 1 is 0.882 bits per heavy atom. The summed E-state index contributed by atoms with van der Waals surface area (Å²) in [5, 5.41) is 3.48. The Balaban J connectivity index is 2.03. The number of rotatable bonds is 1. The summed E-state index contributed by atoms with van der Waals surface area (Å²) in [5.74, 6) is 0. The molecule has 0 saturated heterocycles. The maximum atomic E-state index is 3.48. The van der Waals surface area contributed by atoms with Gasteiger partial charge in [-0.25, -0.2) is 0 Å². The average Bonchev–Trinajstić information content (AvgIpc) is 2.40. The monoisotopic (exact) mass is 221 g/mol. The van der Waals surface area contributed by atoms with E-state index in [0.29, 0.717) is 0 Å². The van der Waals surface area contributed by atoms with Gasteiger partial charge in [-0.05, 0) is 23.6 Å². The molecular formula is C16H15N. The van der Waals surface area contributed by atoms with Gasteiger partial charge in [0.15, 0.2) is 0 Å². The van der Waals surface area contributed by atoms with E-state index in [1.165, 1.54) is 22.4 Å². The average molecular weight is 221 g/mol. The zero-order valence-electron chi connectivity index (χ0n) is 9.69. The van der Waals surface area contributed by atoms with E-state index < -0.39 is 0 Å². The summed E-state index contributed by atoms with van der Waals surface area (Å²) < 4.78 is 0. The Labute approximate surface area is 102 Å². The van der Waals surface area contributed by atoms with Crippen LogP contribution in [0.2, 0.25) is 0 Å². The molecule has 0 aromatic heterocycles. The van der Waals surface area contributed by atoms with Crippen LogP contribution in [-0.4, -0.2) is 6.54 Å². The third-order valence-corrected chi connectivity index (χ3v) is 3.13. The van der Waals surface area contributed by atoms with Crippen molar-refractivity contribution in [3.63, 3.8) is 0 Å². The second kappa shape index (κ2) is 4.46. The van der Waals surface area contributed by atoms with Crippen LogP contribution in [0, 0.1) is 0 Å². The summed E-state index contributed by atoms with van der Waals surface area (Å²) in [6, 6.07) is 19.1. The maximum absolute atomic E-state index is 3.48. The maximum Gasteiger partial charge on any atom is 0.0422 e. The van der Waals surface area contributed by atoms with E-state index in [1.54, 1.807) is 0 Å². The van der Waals surface area contributed by atoms with Gasteiger partial charge in [0.05, 0.1) is 0 Å². The third kappa shape index (κ3) is 2.09. The number of nitrogens with one attached hydrogen (secondary N) is 1. The molecule has 1 N–H and O–H groups in total. The van der Waals surface area contributed by atoms with Crippen LogP contribution in [-0.2, 0) is 6.42 Å². The van der Waals surface area contributed by atoms with Gasteiger partial charge < -0.3 is 5.32 Å². The van der Waals surface area contributed by atoms with Gasteiger partial charge in [-0.1, -0.05) is 54.6 Å². The molecule has 1 aliphatic heterocycles. The zero-order valence-corrected chi connectivity index (χ0v) is 9.69. The van der Waals surface area contributed by atoms with Crippen LogP contribution in [0.5, 0.6) is 0 Å². The molecule has 0 atom stereocenters. The van der Waals surface area contributed by atoms with Gasteiger partial charge >= 0.3 is 0 Å². The van der Waals surface area contributed by atoms with Crippen molar-refractivity contribution in [3.8, 4) is 0 Å². The van der Waals surface area contributed by atoms with Crippen LogP contribution in [0.25, 0.3) is 11.8 Å². The lowest BCUT2D eigenvalue weighted by Gasteiger charge is -2.21. The summed E-state index contributed by atoms with van der Waals surface area (Å²) >= 11 is 0. The fourth-order valence-corrected chi connectivity index (χ4v) is 2.27. The topological polar surface area (TPSA) is 12.0 Å². The van der Waals surface area contributed by atoms with Crippen molar-refractivity contribution in [1.82, 2.24) is 5.32 Å². The molecule has 0 bridgehead atoms. The summed E-state index contributed by atoms with van der Waals surface area (Å²) in [6.07, 6.45) is 3.33. The molecule has 0 unspecified atom stereocenters. The number of hydrogen-bond donors (Lipinski definition) is 1. The smallest absolute Gasteiger partial charge is 0.0422 e. The number of fused-ring (bicyclic) bond motifs is 1. The van der Waals surface area contributed by atoms with E-state index in [1.807, 2.05) is 6.07 Å². The first-order valence-electron chi connectivity index (χ1n) is 6.02. The molecule has 2 aromatic rings. The Bertz CT molecular complexity index is 540. The second-order valence-electron chi connectivity index (χ2n) is 4.30. The van der Waals surface area contributed by atoms with Gasteiger partial charge in [0, 0.05) is 17.8 Å². The SMILES string of the molecule is C(=C1NCCc2ccccc21)c1ccccc1. The molecule has 84 valence electrons. The van der Waals surface area contributed by atoms with Crippen molar-refractivity contribution in [1.29, 1.82) is 0 Å². The van der Waals surface area contributed by atoms with Gasteiger partial charge in [0.25, 0.3) is 0 Å². The van der Waals surface area contributed by atoms with Gasteiger partial charge in [0.1, 0.15) is 0 Å². The molecule has 2 aromatic carbocycles. The molecule has 1 aliphatic rings. The summed E-state index contributed by atoms with van der Waals surface area (Å²) in [7, 11) is 0. The van der Waals surface area contributed by atoms with Crippen LogP contribution < -0.4 is 5.32 Å². The Kier molecular flexibility index (Phi) is 2.66. The fourth-order valence-electron chi connectivity index (χ4n) is 2.27. The minimum atomic E-state index is 1.02. The second-order valence-corrected chi connectivity index (χ2v) is 4.30. The first-order chi connectivity index (χ1) is 8.43. The summed E-state index contributed by atoms with van der Waals surface area (Å²) in [4.78, 5) is 0. The molecule has 1 nitrogen and oxygen atoms in total. The highest BCUT2D eigenvalue weighted by Gasteiger charge is 2.11. The predicted molar refractivity (Wildman–Crippen MR) is 72.5 cm³/mol. The van der Waals surface area contributed by atoms with E-state index in [2.05, 4.69) is 59.9 Å². The minimum absolute atomic E-state index is 1.02. The van der Waals surface area contributed by atoms with Gasteiger partial charge in [0.2, 0.25) is 0 Å². The number of hydrogen-bond acceptors (Lipinski definition) is 1. The lowest BCUT2D eigenvalue weighted by atomic mass is 9.97. The lowest BCUT2D eigenvalue weighted by molar-refractivity contribution is 0.817. The van der Waals surface area contributed by atoms with Crippen molar-refractivity contribution in [3.05, 3.63) is 71.3 Å². The Morgan fingerprint density at radius 2 is 1.65 bits per heavy atom. The van der Waals surface area contributed by atoms with Crippen LogP contribution in [0.1, 0.15) is 16.7 Å². The normalized spacial score (nSPS) is 16.4. The standard InChI is InChI=1S/C16H15N/c1-2-6-13(7-3-1)12-16-15-9-5-4-8-14(15)10-11-17-16/h1-9,12,17H,10-11H2. The minimum Gasteiger partial charge on any atom is -0.384 e. The van der Waals surface area contributed by atoms with E-state index in [4.69, 9.17) is 0 Å². The molecule has 1 heteroatoms.